The molecule has 0 fully saturated rings. The van der Waals surface area contributed by atoms with Crippen LogP contribution in [0.25, 0.3) is 12.2 Å². The minimum atomic E-state index is 0.753. The summed E-state index contributed by atoms with van der Waals surface area (Å²) in [6, 6.07) is 15.1. The van der Waals surface area contributed by atoms with Crippen molar-refractivity contribution in [2.45, 2.75) is 26.7 Å². The van der Waals surface area contributed by atoms with Crippen molar-refractivity contribution in [3.63, 3.8) is 0 Å². The predicted octanol–water partition coefficient (Wildman–Crippen LogP) is 4.37. The fourth-order valence-corrected chi connectivity index (χ4v) is 2.30. The number of hydrogen-bond donors (Lipinski definition) is 1. The number of rotatable bonds is 5. The van der Waals surface area contributed by atoms with Crippen LogP contribution in [-0.2, 0) is 6.42 Å². The molecule has 0 aromatic heterocycles. The predicted molar refractivity (Wildman–Crippen MR) is 88.7 cm³/mol. The molecule has 0 spiro atoms. The quantitative estimate of drug-likeness (QED) is 0.798. The molecule has 0 amide bonds. The summed E-state index contributed by atoms with van der Waals surface area (Å²) in [6.45, 7) is 5.08. The molecular formula is C19H23N. The lowest BCUT2D eigenvalue weighted by Gasteiger charge is -2.04. The van der Waals surface area contributed by atoms with Gasteiger partial charge in [0.15, 0.2) is 0 Å². The molecule has 2 aromatic carbocycles. The van der Waals surface area contributed by atoms with E-state index in [0.717, 1.165) is 19.4 Å². The van der Waals surface area contributed by atoms with Gasteiger partial charge in [-0.1, -0.05) is 54.6 Å². The zero-order valence-corrected chi connectivity index (χ0v) is 12.4. The van der Waals surface area contributed by atoms with E-state index in [1.54, 1.807) is 0 Å². The molecule has 1 nitrogen and oxygen atoms in total. The lowest BCUT2D eigenvalue weighted by molar-refractivity contribution is 0.832. The summed E-state index contributed by atoms with van der Waals surface area (Å²) in [6.07, 6.45) is 6.49. The van der Waals surface area contributed by atoms with Gasteiger partial charge in [0.1, 0.15) is 0 Å². The fourth-order valence-electron chi connectivity index (χ4n) is 2.30. The van der Waals surface area contributed by atoms with E-state index in [2.05, 4.69) is 68.5 Å². The van der Waals surface area contributed by atoms with E-state index in [-0.39, 0.29) is 0 Å². The third-order valence-electron chi connectivity index (χ3n) is 3.72. The van der Waals surface area contributed by atoms with Gasteiger partial charge in [-0.25, -0.2) is 0 Å². The van der Waals surface area contributed by atoms with Crippen molar-refractivity contribution >= 4 is 12.2 Å². The van der Waals surface area contributed by atoms with Crippen LogP contribution >= 0.6 is 0 Å². The van der Waals surface area contributed by atoms with Crippen LogP contribution in [0.4, 0.5) is 0 Å². The Bertz CT molecular complexity index is 596. The summed E-state index contributed by atoms with van der Waals surface area (Å²) in [5.41, 5.74) is 12.2. The van der Waals surface area contributed by atoms with Gasteiger partial charge in [-0.3, -0.25) is 0 Å². The largest absolute Gasteiger partial charge is 0.330 e. The topological polar surface area (TPSA) is 26.0 Å². The summed E-state index contributed by atoms with van der Waals surface area (Å²) in [5.74, 6) is 0. The van der Waals surface area contributed by atoms with Gasteiger partial charge in [0.25, 0.3) is 0 Å². The smallest absolute Gasteiger partial charge is 0.00741 e. The number of aryl methyl sites for hydroxylation is 2. The standard InChI is InChI=1S/C19H23N/c1-15-6-3-10-19(16(15)2)12-11-18-8-4-7-17(14-18)9-5-13-20/h3-4,6-8,10-12,14H,5,9,13,20H2,1-2H3/b12-11-. The summed E-state index contributed by atoms with van der Waals surface area (Å²) in [5, 5.41) is 0. The molecule has 2 aromatic rings. The third-order valence-corrected chi connectivity index (χ3v) is 3.72. The lowest BCUT2D eigenvalue weighted by atomic mass is 10.0. The Morgan fingerprint density at radius 3 is 2.60 bits per heavy atom. The third kappa shape index (κ3) is 3.82. The van der Waals surface area contributed by atoms with Crippen molar-refractivity contribution in [2.75, 3.05) is 6.54 Å². The Morgan fingerprint density at radius 1 is 1.00 bits per heavy atom. The van der Waals surface area contributed by atoms with Gasteiger partial charge in [0, 0.05) is 0 Å². The molecule has 0 saturated heterocycles. The molecule has 0 saturated carbocycles. The Kier molecular flexibility index (Phi) is 5.14. The van der Waals surface area contributed by atoms with E-state index >= 15 is 0 Å². The summed E-state index contributed by atoms with van der Waals surface area (Å²) in [4.78, 5) is 0. The number of benzene rings is 2. The van der Waals surface area contributed by atoms with Crippen LogP contribution in [0.2, 0.25) is 0 Å². The average Bonchev–Trinajstić information content (AvgIpc) is 2.47. The molecule has 0 aliphatic heterocycles. The van der Waals surface area contributed by atoms with Crippen molar-refractivity contribution in [1.82, 2.24) is 0 Å². The van der Waals surface area contributed by atoms with Crippen molar-refractivity contribution in [2.24, 2.45) is 5.73 Å². The first-order chi connectivity index (χ1) is 9.70. The Balaban J connectivity index is 2.16. The molecule has 0 radical (unpaired) electrons. The van der Waals surface area contributed by atoms with Gasteiger partial charge >= 0.3 is 0 Å². The number of hydrogen-bond acceptors (Lipinski definition) is 1. The van der Waals surface area contributed by atoms with Crippen LogP contribution in [0.3, 0.4) is 0 Å². The second-order valence-corrected chi connectivity index (χ2v) is 5.26. The van der Waals surface area contributed by atoms with Crippen LogP contribution in [-0.4, -0.2) is 6.54 Å². The molecule has 0 aliphatic rings. The second-order valence-electron chi connectivity index (χ2n) is 5.26. The first kappa shape index (κ1) is 14.5. The van der Waals surface area contributed by atoms with Crippen LogP contribution in [0.1, 0.15) is 34.2 Å². The first-order valence-corrected chi connectivity index (χ1v) is 7.24. The number of nitrogens with two attached hydrogens (primary N) is 1. The zero-order valence-electron chi connectivity index (χ0n) is 12.4. The highest BCUT2D eigenvalue weighted by Gasteiger charge is 1.97. The molecule has 0 bridgehead atoms. The highest BCUT2D eigenvalue weighted by molar-refractivity contribution is 5.71. The Labute approximate surface area is 122 Å². The second kappa shape index (κ2) is 7.06. The van der Waals surface area contributed by atoms with Crippen molar-refractivity contribution < 1.29 is 0 Å². The van der Waals surface area contributed by atoms with Gasteiger partial charge in [-0.2, -0.15) is 0 Å². The maximum Gasteiger partial charge on any atom is -0.00741 e. The molecule has 20 heavy (non-hydrogen) atoms. The molecule has 104 valence electrons. The van der Waals surface area contributed by atoms with Crippen LogP contribution < -0.4 is 5.73 Å². The molecule has 0 aliphatic carbocycles. The van der Waals surface area contributed by atoms with Gasteiger partial charge in [-0.15, -0.1) is 0 Å². The minimum absolute atomic E-state index is 0.753. The fraction of sp³-hybridized carbons (Fsp3) is 0.263. The van der Waals surface area contributed by atoms with E-state index in [9.17, 15) is 0 Å². The molecule has 1 heteroatoms. The maximum atomic E-state index is 5.57. The van der Waals surface area contributed by atoms with Crippen LogP contribution in [0.15, 0.2) is 42.5 Å². The highest BCUT2D eigenvalue weighted by atomic mass is 14.5. The van der Waals surface area contributed by atoms with Gasteiger partial charge < -0.3 is 5.73 Å². The molecule has 0 atom stereocenters. The normalized spacial score (nSPS) is 11.2. The van der Waals surface area contributed by atoms with Gasteiger partial charge in [0.05, 0.1) is 0 Å². The molecule has 2 rings (SSSR count). The van der Waals surface area contributed by atoms with Crippen molar-refractivity contribution in [1.29, 1.82) is 0 Å². The molecule has 0 heterocycles. The van der Waals surface area contributed by atoms with E-state index in [1.807, 2.05) is 0 Å². The minimum Gasteiger partial charge on any atom is -0.330 e. The van der Waals surface area contributed by atoms with E-state index in [4.69, 9.17) is 5.73 Å². The lowest BCUT2D eigenvalue weighted by Crippen LogP contribution is -2.00. The monoisotopic (exact) mass is 265 g/mol. The van der Waals surface area contributed by atoms with Gasteiger partial charge in [0.2, 0.25) is 0 Å². The van der Waals surface area contributed by atoms with E-state index in [0.29, 0.717) is 0 Å². The summed E-state index contributed by atoms with van der Waals surface area (Å²) < 4.78 is 0. The Morgan fingerprint density at radius 2 is 1.80 bits per heavy atom. The van der Waals surface area contributed by atoms with E-state index in [1.165, 1.54) is 27.8 Å². The molecule has 0 unspecified atom stereocenters. The summed E-state index contributed by atoms with van der Waals surface area (Å²) in [7, 11) is 0. The maximum absolute atomic E-state index is 5.57. The van der Waals surface area contributed by atoms with Crippen molar-refractivity contribution in [3.05, 3.63) is 70.3 Å². The molecular weight excluding hydrogens is 242 g/mol. The van der Waals surface area contributed by atoms with Crippen LogP contribution in [0, 0.1) is 13.8 Å². The highest BCUT2D eigenvalue weighted by Crippen LogP contribution is 2.16. The van der Waals surface area contributed by atoms with E-state index < -0.39 is 0 Å². The van der Waals surface area contributed by atoms with Crippen molar-refractivity contribution in [3.8, 4) is 0 Å². The molecule has 2 N–H and O–H groups in total. The zero-order chi connectivity index (χ0) is 14.4. The Hall–Kier alpha value is -1.86. The summed E-state index contributed by atoms with van der Waals surface area (Å²) >= 11 is 0. The average molecular weight is 265 g/mol. The SMILES string of the molecule is Cc1cccc(/C=C\c2cccc(CCCN)c2)c1C. The van der Waals surface area contributed by atoms with Gasteiger partial charge in [-0.05, 0) is 61.1 Å². The van der Waals surface area contributed by atoms with Crippen LogP contribution in [0.5, 0.6) is 0 Å². The first-order valence-electron chi connectivity index (χ1n) is 7.24.